The second kappa shape index (κ2) is 6.04. The first-order valence-corrected chi connectivity index (χ1v) is 7.47. The molecule has 1 saturated heterocycles. The highest BCUT2D eigenvalue weighted by Crippen LogP contribution is 2.29. The van der Waals surface area contributed by atoms with Crippen LogP contribution >= 0.6 is 0 Å². The van der Waals surface area contributed by atoms with Crippen molar-refractivity contribution in [2.75, 3.05) is 23.3 Å². The van der Waals surface area contributed by atoms with Crippen LogP contribution in [0.1, 0.15) is 24.2 Å². The van der Waals surface area contributed by atoms with E-state index in [0.717, 1.165) is 24.5 Å². The molecule has 1 aliphatic rings. The van der Waals surface area contributed by atoms with Crippen LogP contribution in [0.4, 0.5) is 11.4 Å². The van der Waals surface area contributed by atoms with Crippen molar-refractivity contribution < 1.29 is 5.11 Å². The van der Waals surface area contributed by atoms with Crippen LogP contribution in [-0.4, -0.2) is 23.2 Å². The SMILES string of the molecule is Cc1ccc(O)c(CNc2ccccc2N2CCCC2)n1. The number of hydrogen-bond donors (Lipinski definition) is 2. The van der Waals surface area contributed by atoms with Gasteiger partial charge in [0.1, 0.15) is 11.4 Å². The van der Waals surface area contributed by atoms with E-state index in [1.165, 1.54) is 18.5 Å². The molecule has 1 aromatic heterocycles. The summed E-state index contributed by atoms with van der Waals surface area (Å²) in [4.78, 5) is 6.80. The number of hydrogen-bond acceptors (Lipinski definition) is 4. The zero-order valence-corrected chi connectivity index (χ0v) is 12.3. The van der Waals surface area contributed by atoms with Gasteiger partial charge in [-0.3, -0.25) is 4.98 Å². The first kappa shape index (κ1) is 13.7. The zero-order valence-electron chi connectivity index (χ0n) is 12.3. The maximum absolute atomic E-state index is 9.88. The molecule has 110 valence electrons. The Morgan fingerprint density at radius 3 is 2.71 bits per heavy atom. The highest BCUT2D eigenvalue weighted by atomic mass is 16.3. The maximum atomic E-state index is 9.88. The number of rotatable bonds is 4. The Bertz CT molecular complexity index is 621. The van der Waals surface area contributed by atoms with Gasteiger partial charge in [-0.25, -0.2) is 0 Å². The molecule has 2 heterocycles. The monoisotopic (exact) mass is 283 g/mol. The fraction of sp³-hybridized carbons (Fsp3) is 0.353. The lowest BCUT2D eigenvalue weighted by Gasteiger charge is -2.22. The van der Waals surface area contributed by atoms with Crippen molar-refractivity contribution in [3.63, 3.8) is 0 Å². The number of pyridine rings is 1. The smallest absolute Gasteiger partial charge is 0.138 e. The molecule has 0 bridgehead atoms. The number of benzene rings is 1. The van der Waals surface area contributed by atoms with Crippen molar-refractivity contribution in [1.29, 1.82) is 0 Å². The van der Waals surface area contributed by atoms with Gasteiger partial charge in [0.15, 0.2) is 0 Å². The van der Waals surface area contributed by atoms with Crippen LogP contribution in [0.5, 0.6) is 5.75 Å². The summed E-state index contributed by atoms with van der Waals surface area (Å²) in [5, 5.41) is 13.3. The molecule has 0 atom stereocenters. The molecule has 0 aliphatic carbocycles. The van der Waals surface area contributed by atoms with Crippen LogP contribution in [0, 0.1) is 6.92 Å². The lowest BCUT2D eigenvalue weighted by molar-refractivity contribution is 0.464. The average molecular weight is 283 g/mol. The van der Waals surface area contributed by atoms with E-state index in [4.69, 9.17) is 0 Å². The molecular weight excluding hydrogens is 262 g/mol. The van der Waals surface area contributed by atoms with Crippen LogP contribution in [-0.2, 0) is 6.54 Å². The van der Waals surface area contributed by atoms with E-state index in [1.54, 1.807) is 6.07 Å². The Kier molecular flexibility index (Phi) is 3.95. The van der Waals surface area contributed by atoms with Gasteiger partial charge in [-0.05, 0) is 44.0 Å². The Morgan fingerprint density at radius 2 is 1.90 bits per heavy atom. The number of nitrogens with one attached hydrogen (secondary N) is 1. The third kappa shape index (κ3) is 3.10. The van der Waals surface area contributed by atoms with Gasteiger partial charge in [-0.2, -0.15) is 0 Å². The quantitative estimate of drug-likeness (QED) is 0.904. The van der Waals surface area contributed by atoms with E-state index in [9.17, 15) is 5.11 Å². The minimum absolute atomic E-state index is 0.242. The number of aryl methyl sites for hydroxylation is 1. The zero-order chi connectivity index (χ0) is 14.7. The number of aromatic hydroxyl groups is 1. The summed E-state index contributed by atoms with van der Waals surface area (Å²) < 4.78 is 0. The largest absolute Gasteiger partial charge is 0.506 e. The molecule has 4 nitrogen and oxygen atoms in total. The summed E-state index contributed by atoms with van der Waals surface area (Å²) in [5.41, 5.74) is 3.94. The molecule has 0 spiro atoms. The highest BCUT2D eigenvalue weighted by Gasteiger charge is 2.15. The second-order valence-corrected chi connectivity index (χ2v) is 5.48. The van der Waals surface area contributed by atoms with Gasteiger partial charge in [-0.1, -0.05) is 12.1 Å². The summed E-state index contributed by atoms with van der Waals surface area (Å²) in [6.45, 7) is 4.69. The number of nitrogens with zero attached hydrogens (tertiary/aromatic N) is 2. The molecule has 0 unspecified atom stereocenters. The van der Waals surface area contributed by atoms with E-state index >= 15 is 0 Å². The summed E-state index contributed by atoms with van der Waals surface area (Å²) in [6, 6.07) is 11.9. The van der Waals surface area contributed by atoms with E-state index in [2.05, 4.69) is 33.4 Å². The first-order chi connectivity index (χ1) is 10.2. The standard InChI is InChI=1S/C17H21N3O/c1-13-8-9-17(21)15(19-13)12-18-14-6-2-3-7-16(14)20-10-4-5-11-20/h2-3,6-9,18,21H,4-5,10-12H2,1H3. The molecular formula is C17H21N3O. The van der Waals surface area contributed by atoms with E-state index in [-0.39, 0.29) is 5.75 Å². The van der Waals surface area contributed by atoms with Crippen molar-refractivity contribution in [1.82, 2.24) is 4.98 Å². The summed E-state index contributed by atoms with van der Waals surface area (Å²) >= 11 is 0. The summed E-state index contributed by atoms with van der Waals surface area (Å²) in [7, 11) is 0. The van der Waals surface area contributed by atoms with Gasteiger partial charge in [0.2, 0.25) is 0 Å². The topological polar surface area (TPSA) is 48.4 Å². The van der Waals surface area contributed by atoms with Crippen molar-refractivity contribution >= 4 is 11.4 Å². The Balaban J connectivity index is 1.77. The van der Waals surface area contributed by atoms with Gasteiger partial charge < -0.3 is 15.3 Å². The number of para-hydroxylation sites is 2. The van der Waals surface area contributed by atoms with Crippen LogP contribution in [0.2, 0.25) is 0 Å². The molecule has 1 aromatic carbocycles. The fourth-order valence-electron chi connectivity index (χ4n) is 2.77. The van der Waals surface area contributed by atoms with E-state index in [0.29, 0.717) is 12.2 Å². The fourth-order valence-corrected chi connectivity index (χ4v) is 2.77. The average Bonchev–Trinajstić information content (AvgIpc) is 3.03. The van der Waals surface area contributed by atoms with Crippen LogP contribution in [0.3, 0.4) is 0 Å². The number of anilines is 2. The molecule has 0 saturated carbocycles. The Labute approximate surface area is 125 Å². The molecule has 21 heavy (non-hydrogen) atoms. The maximum Gasteiger partial charge on any atom is 0.138 e. The molecule has 0 radical (unpaired) electrons. The number of aromatic nitrogens is 1. The molecule has 0 amide bonds. The molecule has 2 N–H and O–H groups in total. The third-order valence-corrected chi connectivity index (χ3v) is 3.89. The molecule has 2 aromatic rings. The summed E-state index contributed by atoms with van der Waals surface area (Å²) in [6.07, 6.45) is 2.52. The van der Waals surface area contributed by atoms with Crippen molar-refractivity contribution in [2.45, 2.75) is 26.3 Å². The third-order valence-electron chi connectivity index (χ3n) is 3.89. The molecule has 1 fully saturated rings. The first-order valence-electron chi connectivity index (χ1n) is 7.47. The predicted octanol–water partition coefficient (Wildman–Crippen LogP) is 3.31. The van der Waals surface area contributed by atoms with Gasteiger partial charge in [0.05, 0.1) is 17.9 Å². The van der Waals surface area contributed by atoms with E-state index < -0.39 is 0 Å². The van der Waals surface area contributed by atoms with Crippen molar-refractivity contribution in [3.8, 4) is 5.75 Å². The van der Waals surface area contributed by atoms with Gasteiger partial charge >= 0.3 is 0 Å². The Morgan fingerprint density at radius 1 is 1.14 bits per heavy atom. The van der Waals surface area contributed by atoms with Gasteiger partial charge in [-0.15, -0.1) is 0 Å². The van der Waals surface area contributed by atoms with Crippen LogP contribution < -0.4 is 10.2 Å². The normalized spacial score (nSPS) is 14.4. The minimum atomic E-state index is 0.242. The predicted molar refractivity (Wildman–Crippen MR) is 85.9 cm³/mol. The van der Waals surface area contributed by atoms with E-state index in [1.807, 2.05) is 19.1 Å². The van der Waals surface area contributed by atoms with Crippen molar-refractivity contribution in [2.24, 2.45) is 0 Å². The Hall–Kier alpha value is -2.23. The summed E-state index contributed by atoms with van der Waals surface area (Å²) in [5.74, 6) is 0.242. The van der Waals surface area contributed by atoms with Crippen molar-refractivity contribution in [3.05, 3.63) is 47.8 Å². The lowest BCUT2D eigenvalue weighted by Crippen LogP contribution is -2.19. The van der Waals surface area contributed by atoms with Crippen LogP contribution in [0.25, 0.3) is 0 Å². The molecule has 4 heteroatoms. The van der Waals surface area contributed by atoms with Crippen LogP contribution in [0.15, 0.2) is 36.4 Å². The van der Waals surface area contributed by atoms with Gasteiger partial charge in [0, 0.05) is 18.8 Å². The molecule has 1 aliphatic heterocycles. The lowest BCUT2D eigenvalue weighted by atomic mass is 10.2. The molecule has 3 rings (SSSR count). The highest BCUT2D eigenvalue weighted by molar-refractivity contribution is 5.70. The second-order valence-electron chi connectivity index (χ2n) is 5.48. The van der Waals surface area contributed by atoms with Gasteiger partial charge in [0.25, 0.3) is 0 Å². The minimum Gasteiger partial charge on any atom is -0.506 e.